The second-order valence-corrected chi connectivity index (χ2v) is 8.88. The molecule has 3 aromatic rings. The Hall–Kier alpha value is -3.76. The van der Waals surface area contributed by atoms with E-state index in [2.05, 4.69) is 37.4 Å². The molecule has 0 aliphatic carbocycles. The Morgan fingerprint density at radius 1 is 1.09 bits per heavy atom. The molecule has 0 spiro atoms. The van der Waals surface area contributed by atoms with Crippen LogP contribution in [0.5, 0.6) is 0 Å². The molecule has 0 radical (unpaired) electrons. The van der Waals surface area contributed by atoms with Crippen molar-refractivity contribution in [3.05, 3.63) is 67.4 Å². The summed E-state index contributed by atoms with van der Waals surface area (Å²) in [5, 5.41) is 9.10. The van der Waals surface area contributed by atoms with Crippen molar-refractivity contribution in [2.75, 3.05) is 53.4 Å². The van der Waals surface area contributed by atoms with Gasteiger partial charge in [0, 0.05) is 42.1 Å². The Morgan fingerprint density at radius 3 is 2.53 bits per heavy atom. The van der Waals surface area contributed by atoms with Gasteiger partial charge in [0.05, 0.1) is 35.1 Å². The van der Waals surface area contributed by atoms with E-state index in [4.69, 9.17) is 4.74 Å². The predicted molar refractivity (Wildman–Crippen MR) is 136 cm³/mol. The van der Waals surface area contributed by atoms with Crippen molar-refractivity contribution in [2.45, 2.75) is 4.90 Å². The fourth-order valence-corrected chi connectivity index (χ4v) is 4.01. The first-order valence-electron chi connectivity index (χ1n) is 10.7. The van der Waals surface area contributed by atoms with E-state index in [-0.39, 0.29) is 5.91 Å². The lowest BCUT2D eigenvalue weighted by Gasteiger charge is -2.28. The molecule has 10 heteroatoms. The molecule has 1 saturated heterocycles. The summed E-state index contributed by atoms with van der Waals surface area (Å²) in [5.74, 6) is 0.475. The number of amides is 1. The lowest BCUT2D eigenvalue weighted by molar-refractivity contribution is -0.111. The van der Waals surface area contributed by atoms with Crippen molar-refractivity contribution in [3.8, 4) is 0 Å². The van der Waals surface area contributed by atoms with Crippen molar-refractivity contribution in [1.29, 1.82) is 0 Å². The van der Waals surface area contributed by atoms with Crippen molar-refractivity contribution in [2.24, 2.45) is 0 Å². The first-order valence-corrected chi connectivity index (χ1v) is 12.3. The van der Waals surface area contributed by atoms with Gasteiger partial charge in [0.25, 0.3) is 0 Å². The van der Waals surface area contributed by atoms with Crippen LogP contribution in [0.2, 0.25) is 0 Å². The van der Waals surface area contributed by atoms with Crippen LogP contribution in [0.3, 0.4) is 0 Å². The summed E-state index contributed by atoms with van der Waals surface area (Å²) in [6.07, 6.45) is 4.32. The maximum absolute atomic E-state index is 12.3. The second-order valence-electron chi connectivity index (χ2n) is 7.53. The van der Waals surface area contributed by atoms with Crippen molar-refractivity contribution < 1.29 is 13.7 Å². The van der Waals surface area contributed by atoms with Crippen molar-refractivity contribution >= 4 is 51.2 Å². The summed E-state index contributed by atoms with van der Waals surface area (Å²) in [5.41, 5.74) is 3.25. The quantitative estimate of drug-likeness (QED) is 0.421. The number of benzene rings is 2. The zero-order valence-corrected chi connectivity index (χ0v) is 19.6. The highest BCUT2D eigenvalue weighted by Gasteiger charge is 2.13. The first kappa shape index (κ1) is 23.4. The Kier molecular flexibility index (Phi) is 7.51. The summed E-state index contributed by atoms with van der Waals surface area (Å²) >= 11 is 0. The van der Waals surface area contributed by atoms with E-state index in [1.807, 2.05) is 30.3 Å². The van der Waals surface area contributed by atoms with Gasteiger partial charge in [-0.3, -0.25) is 9.00 Å². The minimum absolute atomic E-state index is 0.305. The number of ether oxygens (including phenoxy) is 1. The molecule has 1 aromatic heterocycles. The minimum Gasteiger partial charge on any atom is -0.378 e. The number of morpholine rings is 1. The van der Waals surface area contributed by atoms with E-state index >= 15 is 0 Å². The molecule has 9 nitrogen and oxygen atoms in total. The molecule has 1 aliphatic rings. The smallest absolute Gasteiger partial charge is 0.247 e. The van der Waals surface area contributed by atoms with Crippen LogP contribution in [0.4, 0.5) is 34.5 Å². The number of nitrogens with one attached hydrogen (secondary N) is 3. The Bertz CT molecular complexity index is 1200. The second kappa shape index (κ2) is 10.9. The molecule has 4 rings (SSSR count). The van der Waals surface area contributed by atoms with E-state index < -0.39 is 10.8 Å². The maximum Gasteiger partial charge on any atom is 0.247 e. The molecule has 2 heterocycles. The van der Waals surface area contributed by atoms with E-state index in [0.29, 0.717) is 28.0 Å². The van der Waals surface area contributed by atoms with E-state index in [9.17, 15) is 9.00 Å². The zero-order chi connectivity index (χ0) is 23.9. The highest BCUT2D eigenvalue weighted by atomic mass is 32.2. The molecule has 3 N–H and O–H groups in total. The van der Waals surface area contributed by atoms with Gasteiger partial charge in [-0.2, -0.15) is 4.98 Å². The normalized spacial score (nSPS) is 14.2. The third-order valence-corrected chi connectivity index (χ3v) is 6.06. The molecule has 1 fully saturated rings. The standard InChI is InChI=1S/C24H26N6O3S/c1-3-22(31)26-18-5-4-6-19(15-18)27-23-21(34(2)32)16-25-24(29-23)28-17-7-9-20(10-8-17)30-11-13-33-14-12-30/h3-10,15-16H,1,11-14H2,2H3,(H,26,31)(H2,25,27,28,29). The van der Waals surface area contributed by atoms with Crippen LogP contribution in [0.1, 0.15) is 0 Å². The average molecular weight is 479 g/mol. The van der Waals surface area contributed by atoms with Gasteiger partial charge in [-0.15, -0.1) is 0 Å². The van der Waals surface area contributed by atoms with Gasteiger partial charge in [0.1, 0.15) is 0 Å². The van der Waals surface area contributed by atoms with Gasteiger partial charge in [0.2, 0.25) is 11.9 Å². The predicted octanol–water partition coefficient (Wildman–Crippen LogP) is 3.66. The van der Waals surface area contributed by atoms with E-state index in [1.165, 1.54) is 6.08 Å². The van der Waals surface area contributed by atoms with E-state index in [1.54, 1.807) is 30.7 Å². The van der Waals surface area contributed by atoms with Crippen molar-refractivity contribution in [1.82, 2.24) is 9.97 Å². The number of aromatic nitrogens is 2. The number of nitrogens with zero attached hydrogens (tertiary/aromatic N) is 3. The van der Waals surface area contributed by atoms with Crippen LogP contribution in [-0.4, -0.2) is 52.6 Å². The van der Waals surface area contributed by atoms with Crippen molar-refractivity contribution in [3.63, 3.8) is 0 Å². The molecule has 34 heavy (non-hydrogen) atoms. The molecule has 1 atom stereocenters. The lowest BCUT2D eigenvalue weighted by atomic mass is 10.2. The number of hydrogen-bond donors (Lipinski definition) is 3. The van der Waals surface area contributed by atoms with Crippen LogP contribution in [0.25, 0.3) is 0 Å². The molecular formula is C24H26N6O3S. The third-order valence-electron chi connectivity index (χ3n) is 5.14. The van der Waals surface area contributed by atoms with Gasteiger partial charge in [0.15, 0.2) is 5.82 Å². The molecule has 1 amide bonds. The maximum atomic E-state index is 12.3. The molecule has 0 saturated carbocycles. The monoisotopic (exact) mass is 478 g/mol. The summed E-state index contributed by atoms with van der Waals surface area (Å²) in [7, 11) is -1.30. The van der Waals surface area contributed by atoms with Gasteiger partial charge in [-0.05, 0) is 48.5 Å². The molecule has 0 bridgehead atoms. The number of carbonyl (C=O) groups excluding carboxylic acids is 1. The van der Waals surface area contributed by atoms with Gasteiger partial charge in [-0.25, -0.2) is 4.98 Å². The highest BCUT2D eigenvalue weighted by Crippen LogP contribution is 2.26. The molecule has 1 unspecified atom stereocenters. The van der Waals surface area contributed by atoms with Gasteiger partial charge < -0.3 is 25.6 Å². The Balaban J connectivity index is 1.52. The minimum atomic E-state index is -1.30. The van der Waals surface area contributed by atoms with Crippen LogP contribution in [0, 0.1) is 0 Å². The van der Waals surface area contributed by atoms with E-state index in [0.717, 1.165) is 37.7 Å². The summed E-state index contributed by atoms with van der Waals surface area (Å²) in [4.78, 5) is 23.2. The Labute approximate surface area is 200 Å². The summed E-state index contributed by atoms with van der Waals surface area (Å²) in [6, 6.07) is 15.2. The molecule has 176 valence electrons. The molecule has 2 aromatic carbocycles. The van der Waals surface area contributed by atoms with Crippen LogP contribution >= 0.6 is 0 Å². The van der Waals surface area contributed by atoms with Gasteiger partial charge in [-0.1, -0.05) is 12.6 Å². The zero-order valence-electron chi connectivity index (χ0n) is 18.8. The number of carbonyl (C=O) groups is 1. The summed E-state index contributed by atoms with van der Waals surface area (Å²) < 4.78 is 17.7. The number of anilines is 6. The van der Waals surface area contributed by atoms with Crippen LogP contribution < -0.4 is 20.9 Å². The average Bonchev–Trinajstić information content (AvgIpc) is 2.85. The fourth-order valence-electron chi connectivity index (χ4n) is 3.44. The third kappa shape index (κ3) is 5.97. The first-order chi connectivity index (χ1) is 16.5. The lowest BCUT2D eigenvalue weighted by Crippen LogP contribution is -2.36. The molecular weight excluding hydrogens is 452 g/mol. The van der Waals surface area contributed by atoms with Crippen LogP contribution in [0.15, 0.2) is 72.3 Å². The van der Waals surface area contributed by atoms with Crippen LogP contribution in [-0.2, 0) is 20.3 Å². The largest absolute Gasteiger partial charge is 0.378 e. The highest BCUT2D eigenvalue weighted by molar-refractivity contribution is 7.84. The number of hydrogen-bond acceptors (Lipinski definition) is 8. The topological polar surface area (TPSA) is 108 Å². The molecule has 1 aliphatic heterocycles. The summed E-state index contributed by atoms with van der Waals surface area (Å²) in [6.45, 7) is 6.67. The van der Waals surface area contributed by atoms with Gasteiger partial charge >= 0.3 is 0 Å². The fraction of sp³-hybridized carbons (Fsp3) is 0.208. The SMILES string of the molecule is C=CC(=O)Nc1cccc(Nc2nc(Nc3ccc(N4CCOCC4)cc3)ncc2S(C)=O)c1. The Morgan fingerprint density at radius 2 is 1.82 bits per heavy atom. The number of rotatable bonds is 8.